The highest BCUT2D eigenvalue weighted by Gasteiger charge is 2.23. The van der Waals surface area contributed by atoms with Gasteiger partial charge in [0.05, 0.1) is 23.0 Å². The zero-order valence-electron chi connectivity index (χ0n) is 12.0. The topological polar surface area (TPSA) is 29.9 Å². The van der Waals surface area contributed by atoms with Crippen molar-refractivity contribution in [1.82, 2.24) is 15.1 Å². The lowest BCUT2D eigenvalue weighted by Crippen LogP contribution is -2.26. The van der Waals surface area contributed by atoms with Crippen molar-refractivity contribution in [3.05, 3.63) is 52.1 Å². The number of nitrogens with one attached hydrogen (secondary N) is 1. The summed E-state index contributed by atoms with van der Waals surface area (Å²) in [7, 11) is 1.82. The summed E-state index contributed by atoms with van der Waals surface area (Å²) in [5.41, 5.74) is 2.01. The molecule has 5 heteroatoms. The van der Waals surface area contributed by atoms with Gasteiger partial charge in [-0.2, -0.15) is 5.10 Å². The van der Waals surface area contributed by atoms with Crippen LogP contribution in [-0.2, 0) is 7.05 Å². The third kappa shape index (κ3) is 2.86. The fourth-order valence-corrected chi connectivity index (χ4v) is 2.56. The second kappa shape index (κ2) is 6.37. The molecule has 0 amide bonds. The minimum absolute atomic E-state index is 0.196. The number of aromatic nitrogens is 2. The fourth-order valence-electron chi connectivity index (χ4n) is 2.28. The molecule has 0 bridgehead atoms. The molecular formula is C15H19ClFN3. The molecule has 0 saturated carbocycles. The van der Waals surface area contributed by atoms with Crippen molar-refractivity contribution in [2.75, 3.05) is 6.54 Å². The zero-order valence-corrected chi connectivity index (χ0v) is 12.7. The van der Waals surface area contributed by atoms with Crippen LogP contribution in [0.3, 0.4) is 0 Å². The first kappa shape index (κ1) is 15.0. The second-order valence-electron chi connectivity index (χ2n) is 4.87. The highest BCUT2D eigenvalue weighted by atomic mass is 35.5. The number of nitrogens with zero attached hydrogens (tertiary/aromatic N) is 2. The van der Waals surface area contributed by atoms with Crippen molar-refractivity contribution < 1.29 is 4.39 Å². The van der Waals surface area contributed by atoms with Crippen molar-refractivity contribution in [2.45, 2.75) is 26.3 Å². The highest BCUT2D eigenvalue weighted by Crippen LogP contribution is 2.30. The number of aryl methyl sites for hydroxylation is 2. The highest BCUT2D eigenvalue weighted by molar-refractivity contribution is 6.31. The van der Waals surface area contributed by atoms with Gasteiger partial charge in [-0.3, -0.25) is 4.68 Å². The Morgan fingerprint density at radius 2 is 2.20 bits per heavy atom. The molecule has 3 nitrogen and oxygen atoms in total. The van der Waals surface area contributed by atoms with E-state index >= 15 is 0 Å². The summed E-state index contributed by atoms with van der Waals surface area (Å²) in [6.07, 6.45) is 2.55. The third-order valence-electron chi connectivity index (χ3n) is 3.34. The summed E-state index contributed by atoms with van der Waals surface area (Å²) in [5.74, 6) is -0.196. The van der Waals surface area contributed by atoms with E-state index in [0.717, 1.165) is 18.7 Å². The van der Waals surface area contributed by atoms with Crippen LogP contribution < -0.4 is 5.32 Å². The average molecular weight is 296 g/mol. The molecule has 1 unspecified atom stereocenters. The monoisotopic (exact) mass is 295 g/mol. The van der Waals surface area contributed by atoms with Gasteiger partial charge in [0.25, 0.3) is 0 Å². The molecule has 1 aromatic heterocycles. The van der Waals surface area contributed by atoms with E-state index in [0.29, 0.717) is 16.1 Å². The molecule has 2 rings (SSSR count). The molecule has 1 atom stereocenters. The minimum Gasteiger partial charge on any atom is -0.305 e. The molecule has 0 aliphatic carbocycles. The van der Waals surface area contributed by atoms with E-state index in [9.17, 15) is 4.39 Å². The van der Waals surface area contributed by atoms with Gasteiger partial charge >= 0.3 is 0 Å². The average Bonchev–Trinajstić information content (AvgIpc) is 2.75. The molecule has 1 N–H and O–H groups in total. The van der Waals surface area contributed by atoms with Gasteiger partial charge < -0.3 is 5.32 Å². The van der Waals surface area contributed by atoms with E-state index in [4.69, 9.17) is 11.6 Å². The molecule has 0 aliphatic rings. The van der Waals surface area contributed by atoms with E-state index in [1.807, 2.05) is 13.1 Å². The Morgan fingerprint density at radius 3 is 2.80 bits per heavy atom. The normalized spacial score (nSPS) is 12.7. The minimum atomic E-state index is -0.296. The molecule has 0 saturated heterocycles. The van der Waals surface area contributed by atoms with Crippen molar-refractivity contribution in [3.8, 4) is 0 Å². The Bertz CT molecular complexity index is 575. The van der Waals surface area contributed by atoms with Gasteiger partial charge in [-0.25, -0.2) is 4.39 Å². The molecule has 0 radical (unpaired) electrons. The van der Waals surface area contributed by atoms with E-state index in [1.165, 1.54) is 0 Å². The van der Waals surface area contributed by atoms with Gasteiger partial charge in [0.1, 0.15) is 5.82 Å². The summed E-state index contributed by atoms with van der Waals surface area (Å²) in [4.78, 5) is 0. The first-order chi connectivity index (χ1) is 9.56. The maximum atomic E-state index is 14.4. The van der Waals surface area contributed by atoms with Gasteiger partial charge in [0.2, 0.25) is 0 Å². The summed E-state index contributed by atoms with van der Waals surface area (Å²) in [6, 6.07) is 5.12. The first-order valence-corrected chi connectivity index (χ1v) is 7.09. The third-order valence-corrected chi connectivity index (χ3v) is 3.63. The molecule has 1 aromatic carbocycles. The predicted molar refractivity (Wildman–Crippen MR) is 79.5 cm³/mol. The quantitative estimate of drug-likeness (QED) is 0.913. The van der Waals surface area contributed by atoms with E-state index in [1.54, 1.807) is 29.9 Å². The Kier molecular flexibility index (Phi) is 4.78. The lowest BCUT2D eigenvalue weighted by molar-refractivity contribution is 0.517. The van der Waals surface area contributed by atoms with Gasteiger partial charge in [-0.15, -0.1) is 0 Å². The Morgan fingerprint density at radius 1 is 1.45 bits per heavy atom. The van der Waals surface area contributed by atoms with Gasteiger partial charge in [-0.1, -0.05) is 36.7 Å². The van der Waals surface area contributed by atoms with Gasteiger partial charge in [0, 0.05) is 12.6 Å². The Hall–Kier alpha value is -1.39. The second-order valence-corrected chi connectivity index (χ2v) is 5.27. The lowest BCUT2D eigenvalue weighted by Gasteiger charge is -2.21. The predicted octanol–water partition coefficient (Wildman–Crippen LogP) is 3.61. The SMILES string of the molecule is CCCNC(c1cccc(C)c1F)c1c(Cl)cnn1C. The van der Waals surface area contributed by atoms with Crippen LogP contribution in [0.25, 0.3) is 0 Å². The maximum absolute atomic E-state index is 14.4. The largest absolute Gasteiger partial charge is 0.305 e. The first-order valence-electron chi connectivity index (χ1n) is 6.72. The van der Waals surface area contributed by atoms with Crippen molar-refractivity contribution in [1.29, 1.82) is 0 Å². The van der Waals surface area contributed by atoms with Crippen LogP contribution in [0.2, 0.25) is 5.02 Å². The molecule has 108 valence electrons. The van der Waals surface area contributed by atoms with Crippen LogP contribution in [-0.4, -0.2) is 16.3 Å². The molecular weight excluding hydrogens is 277 g/mol. The van der Waals surface area contributed by atoms with Crippen LogP contribution in [0.4, 0.5) is 4.39 Å². The van der Waals surface area contributed by atoms with Crippen molar-refractivity contribution in [3.63, 3.8) is 0 Å². The lowest BCUT2D eigenvalue weighted by atomic mass is 10.0. The van der Waals surface area contributed by atoms with Crippen molar-refractivity contribution in [2.24, 2.45) is 7.05 Å². The van der Waals surface area contributed by atoms with E-state index < -0.39 is 0 Å². The smallest absolute Gasteiger partial charge is 0.131 e. The summed E-state index contributed by atoms with van der Waals surface area (Å²) >= 11 is 6.21. The molecule has 0 fully saturated rings. The van der Waals surface area contributed by atoms with Gasteiger partial charge in [0.15, 0.2) is 0 Å². The fraction of sp³-hybridized carbons (Fsp3) is 0.400. The van der Waals surface area contributed by atoms with E-state index in [2.05, 4.69) is 17.3 Å². The molecule has 2 aromatic rings. The maximum Gasteiger partial charge on any atom is 0.131 e. The van der Waals surface area contributed by atoms with Gasteiger partial charge in [-0.05, 0) is 25.5 Å². The number of hydrogen-bond acceptors (Lipinski definition) is 2. The summed E-state index contributed by atoms with van der Waals surface area (Å²) < 4.78 is 16.1. The molecule has 20 heavy (non-hydrogen) atoms. The van der Waals surface area contributed by atoms with Crippen LogP contribution in [0.1, 0.15) is 36.2 Å². The van der Waals surface area contributed by atoms with Crippen LogP contribution in [0, 0.1) is 12.7 Å². The Balaban J connectivity index is 2.50. The molecule has 0 aliphatic heterocycles. The number of rotatable bonds is 5. The van der Waals surface area contributed by atoms with E-state index in [-0.39, 0.29) is 11.9 Å². The zero-order chi connectivity index (χ0) is 14.7. The van der Waals surface area contributed by atoms with Crippen LogP contribution >= 0.6 is 11.6 Å². The van der Waals surface area contributed by atoms with Crippen LogP contribution in [0.15, 0.2) is 24.4 Å². The summed E-state index contributed by atoms with van der Waals surface area (Å²) in [5, 5.41) is 8.04. The Labute approximate surface area is 123 Å². The standard InChI is InChI=1S/C15H19ClFN3/c1-4-8-18-14(15-12(16)9-19-20(15)3)11-7-5-6-10(2)13(11)17/h5-7,9,14,18H,4,8H2,1-3H3. The number of benzene rings is 1. The van der Waals surface area contributed by atoms with Crippen LogP contribution in [0.5, 0.6) is 0 Å². The number of hydrogen-bond donors (Lipinski definition) is 1. The molecule has 0 spiro atoms. The number of halogens is 2. The summed E-state index contributed by atoms with van der Waals surface area (Å²) in [6.45, 7) is 4.61. The van der Waals surface area contributed by atoms with Crippen molar-refractivity contribution >= 4 is 11.6 Å². The molecule has 1 heterocycles.